The van der Waals surface area contributed by atoms with Crippen molar-refractivity contribution in [3.05, 3.63) is 36.4 Å². The minimum absolute atomic E-state index is 0.352. The second-order valence-corrected chi connectivity index (χ2v) is 4.18. The number of ether oxygens (including phenoxy) is 2. The SMILES string of the molecule is COc1ccc(Oc2nccn3c(C)nnc23)c(N)c1. The number of nitrogens with zero attached hydrogens (tertiary/aromatic N) is 4. The number of aromatic nitrogens is 4. The van der Waals surface area contributed by atoms with Crippen LogP contribution in [-0.2, 0) is 0 Å². The van der Waals surface area contributed by atoms with Crippen LogP contribution < -0.4 is 15.2 Å². The molecule has 0 atom stereocenters. The lowest BCUT2D eigenvalue weighted by molar-refractivity contribution is 0.413. The number of fused-ring (bicyclic) bond motifs is 1. The van der Waals surface area contributed by atoms with Gasteiger partial charge in [-0.2, -0.15) is 0 Å². The van der Waals surface area contributed by atoms with Crippen LogP contribution in [0.2, 0.25) is 0 Å². The molecular weight excluding hydrogens is 258 g/mol. The third-order valence-electron chi connectivity index (χ3n) is 2.89. The van der Waals surface area contributed by atoms with Crippen LogP contribution in [0.3, 0.4) is 0 Å². The van der Waals surface area contributed by atoms with Gasteiger partial charge in [-0.05, 0) is 19.1 Å². The highest BCUT2D eigenvalue weighted by molar-refractivity contribution is 5.59. The molecule has 0 aliphatic heterocycles. The van der Waals surface area contributed by atoms with Crippen molar-refractivity contribution in [3.8, 4) is 17.4 Å². The molecule has 0 unspecified atom stereocenters. The van der Waals surface area contributed by atoms with Crippen molar-refractivity contribution in [2.75, 3.05) is 12.8 Å². The van der Waals surface area contributed by atoms with Gasteiger partial charge in [0.15, 0.2) is 5.75 Å². The van der Waals surface area contributed by atoms with Gasteiger partial charge in [0.2, 0.25) is 5.65 Å². The molecule has 1 aromatic carbocycles. The number of anilines is 1. The summed E-state index contributed by atoms with van der Waals surface area (Å²) in [6.45, 7) is 1.85. The molecule has 7 heteroatoms. The minimum atomic E-state index is 0.352. The third-order valence-corrected chi connectivity index (χ3v) is 2.89. The Morgan fingerprint density at radius 3 is 2.85 bits per heavy atom. The predicted molar refractivity (Wildman–Crippen MR) is 73.0 cm³/mol. The van der Waals surface area contributed by atoms with Crippen LogP contribution in [0, 0.1) is 6.92 Å². The lowest BCUT2D eigenvalue weighted by Crippen LogP contribution is -1.97. The van der Waals surface area contributed by atoms with Crippen molar-refractivity contribution in [1.29, 1.82) is 0 Å². The fourth-order valence-electron chi connectivity index (χ4n) is 1.84. The number of hydrogen-bond donors (Lipinski definition) is 1. The molecule has 20 heavy (non-hydrogen) atoms. The Morgan fingerprint density at radius 2 is 2.10 bits per heavy atom. The van der Waals surface area contributed by atoms with E-state index in [-0.39, 0.29) is 0 Å². The van der Waals surface area contributed by atoms with E-state index in [1.54, 1.807) is 42.1 Å². The molecule has 3 aromatic rings. The van der Waals surface area contributed by atoms with Crippen LogP contribution in [0.4, 0.5) is 5.69 Å². The maximum atomic E-state index is 5.92. The highest BCUT2D eigenvalue weighted by atomic mass is 16.5. The summed E-state index contributed by atoms with van der Waals surface area (Å²) in [7, 11) is 1.58. The largest absolute Gasteiger partial charge is 0.497 e. The molecule has 7 nitrogen and oxygen atoms in total. The molecule has 0 amide bonds. The summed E-state index contributed by atoms with van der Waals surface area (Å²) in [5, 5.41) is 8.03. The number of rotatable bonds is 3. The first kappa shape index (κ1) is 12.2. The van der Waals surface area contributed by atoms with Crippen molar-refractivity contribution < 1.29 is 9.47 Å². The number of nitrogen functional groups attached to an aromatic ring is 1. The Labute approximate surface area is 115 Å². The Morgan fingerprint density at radius 1 is 1.25 bits per heavy atom. The normalized spacial score (nSPS) is 10.7. The van der Waals surface area contributed by atoms with Crippen LogP contribution in [0.25, 0.3) is 5.65 Å². The average molecular weight is 271 g/mol. The van der Waals surface area contributed by atoms with Gasteiger partial charge in [-0.25, -0.2) is 4.98 Å². The monoisotopic (exact) mass is 271 g/mol. The molecule has 3 rings (SSSR count). The van der Waals surface area contributed by atoms with Gasteiger partial charge < -0.3 is 15.2 Å². The standard InChI is InChI=1S/C13H13N5O2/c1-8-16-17-12-13(15-5-6-18(8)12)20-11-4-3-9(19-2)7-10(11)14/h3-7H,14H2,1-2H3. The van der Waals surface area contributed by atoms with E-state index in [0.29, 0.717) is 28.7 Å². The molecule has 0 aliphatic rings. The van der Waals surface area contributed by atoms with Gasteiger partial charge in [0.1, 0.15) is 11.6 Å². The minimum Gasteiger partial charge on any atom is -0.497 e. The van der Waals surface area contributed by atoms with Crippen LogP contribution in [0.5, 0.6) is 17.4 Å². The molecule has 0 radical (unpaired) electrons. The lowest BCUT2D eigenvalue weighted by Gasteiger charge is -2.09. The van der Waals surface area contributed by atoms with E-state index in [4.69, 9.17) is 15.2 Å². The molecule has 2 aromatic heterocycles. The zero-order valence-corrected chi connectivity index (χ0v) is 11.1. The first-order chi connectivity index (χ1) is 9.69. The van der Waals surface area contributed by atoms with Crippen LogP contribution >= 0.6 is 0 Å². The second kappa shape index (κ2) is 4.69. The van der Waals surface area contributed by atoms with Gasteiger partial charge in [-0.15, -0.1) is 10.2 Å². The van der Waals surface area contributed by atoms with E-state index < -0.39 is 0 Å². The van der Waals surface area contributed by atoms with Gasteiger partial charge in [-0.3, -0.25) is 4.40 Å². The van der Waals surface area contributed by atoms with Crippen molar-refractivity contribution >= 4 is 11.3 Å². The van der Waals surface area contributed by atoms with E-state index in [1.165, 1.54) is 0 Å². The van der Waals surface area contributed by atoms with Crippen LogP contribution in [0.1, 0.15) is 5.82 Å². The Kier molecular flexibility index (Phi) is 2.86. The van der Waals surface area contributed by atoms with Gasteiger partial charge in [-0.1, -0.05) is 0 Å². The predicted octanol–water partition coefficient (Wildman–Crippen LogP) is 1.82. The smallest absolute Gasteiger partial charge is 0.265 e. The van der Waals surface area contributed by atoms with Gasteiger partial charge in [0, 0.05) is 18.5 Å². The van der Waals surface area contributed by atoms with Gasteiger partial charge in [0.25, 0.3) is 5.88 Å². The van der Waals surface area contributed by atoms with E-state index in [2.05, 4.69) is 15.2 Å². The summed E-state index contributed by atoms with van der Waals surface area (Å²) in [4.78, 5) is 4.17. The topological polar surface area (TPSA) is 87.6 Å². The molecule has 102 valence electrons. The molecule has 0 spiro atoms. The highest BCUT2D eigenvalue weighted by Crippen LogP contribution is 2.30. The summed E-state index contributed by atoms with van der Waals surface area (Å²) < 4.78 is 12.6. The van der Waals surface area contributed by atoms with E-state index in [9.17, 15) is 0 Å². The zero-order chi connectivity index (χ0) is 14.1. The summed E-state index contributed by atoms with van der Waals surface area (Å²) in [6.07, 6.45) is 3.40. The van der Waals surface area contributed by atoms with E-state index in [1.807, 2.05) is 6.92 Å². The summed E-state index contributed by atoms with van der Waals surface area (Å²) >= 11 is 0. The number of hydrogen-bond acceptors (Lipinski definition) is 6. The Hall–Kier alpha value is -2.83. The first-order valence-electron chi connectivity index (χ1n) is 5.97. The fourth-order valence-corrected chi connectivity index (χ4v) is 1.84. The van der Waals surface area contributed by atoms with E-state index in [0.717, 1.165) is 5.82 Å². The van der Waals surface area contributed by atoms with Crippen molar-refractivity contribution in [3.63, 3.8) is 0 Å². The molecule has 0 aliphatic carbocycles. The fraction of sp³-hybridized carbons (Fsp3) is 0.154. The molecular formula is C13H13N5O2. The zero-order valence-electron chi connectivity index (χ0n) is 11.1. The Bertz CT molecular complexity index is 769. The summed E-state index contributed by atoms with van der Waals surface area (Å²) in [5.74, 6) is 2.27. The number of aryl methyl sites for hydroxylation is 1. The quantitative estimate of drug-likeness (QED) is 0.731. The van der Waals surface area contributed by atoms with Crippen molar-refractivity contribution in [2.45, 2.75) is 6.92 Å². The molecule has 2 N–H and O–H groups in total. The lowest BCUT2D eigenvalue weighted by atomic mass is 10.3. The maximum absolute atomic E-state index is 5.92. The molecule has 2 heterocycles. The van der Waals surface area contributed by atoms with Crippen LogP contribution in [0.15, 0.2) is 30.6 Å². The number of benzene rings is 1. The second-order valence-electron chi connectivity index (χ2n) is 4.18. The first-order valence-corrected chi connectivity index (χ1v) is 5.97. The van der Waals surface area contributed by atoms with Gasteiger partial charge in [0.05, 0.1) is 12.8 Å². The molecule has 0 fully saturated rings. The highest BCUT2D eigenvalue weighted by Gasteiger charge is 2.11. The molecule has 0 saturated carbocycles. The van der Waals surface area contributed by atoms with Crippen molar-refractivity contribution in [1.82, 2.24) is 19.6 Å². The molecule has 0 saturated heterocycles. The maximum Gasteiger partial charge on any atom is 0.265 e. The number of methoxy groups -OCH3 is 1. The Balaban J connectivity index is 2.01. The third kappa shape index (κ3) is 1.99. The van der Waals surface area contributed by atoms with E-state index >= 15 is 0 Å². The summed E-state index contributed by atoms with van der Waals surface area (Å²) in [5.41, 5.74) is 6.92. The number of nitrogens with two attached hydrogens (primary N) is 1. The average Bonchev–Trinajstić information content (AvgIpc) is 2.84. The van der Waals surface area contributed by atoms with Gasteiger partial charge >= 0.3 is 0 Å². The summed E-state index contributed by atoms with van der Waals surface area (Å²) in [6, 6.07) is 5.17. The van der Waals surface area contributed by atoms with Crippen molar-refractivity contribution in [2.24, 2.45) is 0 Å². The molecule has 0 bridgehead atoms. The van der Waals surface area contributed by atoms with Crippen LogP contribution in [-0.4, -0.2) is 26.7 Å².